The average Bonchev–Trinajstić information content (AvgIpc) is 3.19. The van der Waals surface area contributed by atoms with Crippen LogP contribution in [0.2, 0.25) is 5.02 Å². The van der Waals surface area contributed by atoms with Crippen LogP contribution < -0.4 is 4.74 Å². The van der Waals surface area contributed by atoms with Crippen LogP contribution in [0.4, 0.5) is 0 Å². The monoisotopic (exact) mass is 370 g/mol. The third-order valence-corrected chi connectivity index (χ3v) is 4.12. The van der Waals surface area contributed by atoms with Crippen molar-refractivity contribution in [3.63, 3.8) is 0 Å². The molecule has 0 aliphatic heterocycles. The summed E-state index contributed by atoms with van der Waals surface area (Å²) in [6, 6.07) is 14.7. The summed E-state index contributed by atoms with van der Waals surface area (Å²) in [7, 11) is 1.78. The molecule has 0 aliphatic carbocycles. The lowest BCUT2D eigenvalue weighted by atomic mass is 10.1. The van der Waals surface area contributed by atoms with Gasteiger partial charge in [0.2, 0.25) is 0 Å². The number of rotatable bonds is 7. The van der Waals surface area contributed by atoms with Crippen molar-refractivity contribution < 1.29 is 9.53 Å². The number of ether oxygens (including phenoxy) is 1. The summed E-state index contributed by atoms with van der Waals surface area (Å²) in [6.07, 6.45) is 3.86. The van der Waals surface area contributed by atoms with E-state index in [9.17, 15) is 4.79 Å². The minimum absolute atomic E-state index is 0.0583. The van der Waals surface area contributed by atoms with Gasteiger partial charge >= 0.3 is 0 Å². The van der Waals surface area contributed by atoms with Gasteiger partial charge in [0.25, 0.3) is 5.91 Å². The molecule has 1 amide bonds. The Hall–Kier alpha value is -2.86. The Morgan fingerprint density at radius 2 is 1.92 bits per heavy atom. The molecule has 0 unspecified atom stereocenters. The van der Waals surface area contributed by atoms with E-state index in [1.54, 1.807) is 47.4 Å². The van der Waals surface area contributed by atoms with Gasteiger partial charge in [0.1, 0.15) is 18.4 Å². The molecule has 0 fully saturated rings. The molecule has 6 nitrogen and oxygen atoms in total. The zero-order valence-electron chi connectivity index (χ0n) is 14.4. The highest BCUT2D eigenvalue weighted by molar-refractivity contribution is 6.30. The number of amides is 1. The van der Waals surface area contributed by atoms with Crippen LogP contribution >= 0.6 is 11.6 Å². The van der Waals surface area contributed by atoms with Crippen molar-refractivity contribution >= 4 is 17.5 Å². The van der Waals surface area contributed by atoms with Gasteiger partial charge in [0.05, 0.1) is 17.9 Å². The summed E-state index contributed by atoms with van der Waals surface area (Å²) >= 11 is 5.93. The molecule has 3 aromatic rings. The van der Waals surface area contributed by atoms with Crippen molar-refractivity contribution in [2.24, 2.45) is 0 Å². The quantitative estimate of drug-likeness (QED) is 0.597. The molecule has 134 valence electrons. The molecule has 0 N–H and O–H groups in total. The van der Waals surface area contributed by atoms with Gasteiger partial charge < -0.3 is 9.64 Å². The minimum atomic E-state index is -0.0583. The molecule has 3 rings (SSSR count). The van der Waals surface area contributed by atoms with E-state index in [4.69, 9.17) is 16.3 Å². The molecule has 26 heavy (non-hydrogen) atoms. The summed E-state index contributed by atoms with van der Waals surface area (Å²) in [4.78, 5) is 14.5. The fourth-order valence-electron chi connectivity index (χ4n) is 2.56. The minimum Gasteiger partial charge on any atom is -0.493 e. The van der Waals surface area contributed by atoms with E-state index in [1.165, 1.54) is 0 Å². The second-order valence-corrected chi connectivity index (χ2v) is 6.21. The van der Waals surface area contributed by atoms with Crippen molar-refractivity contribution in [1.29, 1.82) is 0 Å². The van der Waals surface area contributed by atoms with Crippen molar-refractivity contribution in [3.8, 4) is 11.4 Å². The van der Waals surface area contributed by atoms with Gasteiger partial charge in [-0.15, -0.1) is 10.2 Å². The molecule has 1 heterocycles. The van der Waals surface area contributed by atoms with Crippen molar-refractivity contribution in [1.82, 2.24) is 19.7 Å². The molecule has 0 saturated carbocycles. The van der Waals surface area contributed by atoms with Crippen molar-refractivity contribution in [2.75, 3.05) is 20.2 Å². The topological polar surface area (TPSA) is 60.2 Å². The Balaban J connectivity index is 1.57. The van der Waals surface area contributed by atoms with E-state index < -0.39 is 0 Å². The molecule has 0 radical (unpaired) electrons. The predicted molar refractivity (Wildman–Crippen MR) is 99.9 cm³/mol. The van der Waals surface area contributed by atoms with Crippen molar-refractivity contribution in [2.45, 2.75) is 6.42 Å². The summed E-state index contributed by atoms with van der Waals surface area (Å²) in [6.45, 7) is 1.08. The van der Waals surface area contributed by atoms with E-state index in [-0.39, 0.29) is 5.91 Å². The number of halogens is 1. The maximum absolute atomic E-state index is 12.8. The molecular formula is C19H19ClN4O2. The lowest BCUT2D eigenvalue weighted by Crippen LogP contribution is -2.29. The van der Waals surface area contributed by atoms with Crippen LogP contribution in [0.3, 0.4) is 0 Å². The number of carbonyl (C=O) groups is 1. The number of nitrogens with zero attached hydrogens (tertiary/aromatic N) is 4. The largest absolute Gasteiger partial charge is 0.493 e. The normalized spacial score (nSPS) is 10.5. The van der Waals surface area contributed by atoms with Gasteiger partial charge in [-0.3, -0.25) is 9.36 Å². The van der Waals surface area contributed by atoms with Gasteiger partial charge in [-0.1, -0.05) is 29.8 Å². The number of carbonyl (C=O) groups excluding carboxylic acids is 1. The summed E-state index contributed by atoms with van der Waals surface area (Å²) in [5, 5.41) is 8.24. The fraction of sp³-hybridized carbons (Fsp3) is 0.211. The van der Waals surface area contributed by atoms with Crippen molar-refractivity contribution in [3.05, 3.63) is 71.8 Å². The highest BCUT2D eigenvalue weighted by Crippen LogP contribution is 2.18. The predicted octanol–water partition coefficient (Wildman–Crippen LogP) is 3.46. The number of hydrogen-bond acceptors (Lipinski definition) is 4. The fourth-order valence-corrected chi connectivity index (χ4v) is 2.74. The van der Waals surface area contributed by atoms with E-state index in [2.05, 4.69) is 10.2 Å². The van der Waals surface area contributed by atoms with E-state index in [0.29, 0.717) is 30.2 Å². The van der Waals surface area contributed by atoms with Crippen LogP contribution in [0.1, 0.15) is 16.8 Å². The van der Waals surface area contributed by atoms with E-state index in [1.807, 2.05) is 30.3 Å². The number of para-hydroxylation sites is 1. The second-order valence-electron chi connectivity index (χ2n) is 5.77. The lowest BCUT2D eigenvalue weighted by Gasteiger charge is -2.19. The maximum atomic E-state index is 12.8. The Labute approximate surface area is 157 Å². The highest BCUT2D eigenvalue weighted by atomic mass is 35.5. The first-order valence-electron chi connectivity index (χ1n) is 8.23. The zero-order chi connectivity index (χ0) is 18.4. The first-order chi connectivity index (χ1) is 12.6. The van der Waals surface area contributed by atoms with Gasteiger partial charge in [-0.2, -0.15) is 0 Å². The van der Waals surface area contributed by atoms with Crippen LogP contribution in [0, 0.1) is 0 Å². The molecular weight excluding hydrogens is 352 g/mol. The Bertz CT molecular complexity index is 867. The number of hydrogen-bond donors (Lipinski definition) is 0. The van der Waals surface area contributed by atoms with Gasteiger partial charge in [-0.05, 0) is 36.8 Å². The van der Waals surface area contributed by atoms with Gasteiger partial charge in [0, 0.05) is 18.6 Å². The molecule has 1 aromatic heterocycles. The average molecular weight is 371 g/mol. The number of aromatic nitrogens is 3. The zero-order valence-corrected chi connectivity index (χ0v) is 15.1. The molecule has 0 aliphatic rings. The molecule has 0 spiro atoms. The van der Waals surface area contributed by atoms with Crippen LogP contribution in [-0.2, 0) is 0 Å². The van der Waals surface area contributed by atoms with Crippen LogP contribution in [0.25, 0.3) is 5.69 Å². The smallest absolute Gasteiger partial charge is 0.255 e. The lowest BCUT2D eigenvalue weighted by molar-refractivity contribution is 0.0788. The van der Waals surface area contributed by atoms with Gasteiger partial charge in [-0.25, -0.2) is 0 Å². The van der Waals surface area contributed by atoms with E-state index in [0.717, 1.165) is 11.4 Å². The molecule has 0 atom stereocenters. The Morgan fingerprint density at radius 1 is 1.15 bits per heavy atom. The molecule has 0 saturated heterocycles. The summed E-state index contributed by atoms with van der Waals surface area (Å²) < 4.78 is 7.39. The molecule has 0 bridgehead atoms. The highest BCUT2D eigenvalue weighted by Gasteiger charge is 2.16. The molecule has 7 heteroatoms. The third kappa shape index (κ3) is 4.40. The third-order valence-electron chi connectivity index (χ3n) is 3.88. The number of benzene rings is 2. The van der Waals surface area contributed by atoms with Crippen LogP contribution in [0.15, 0.2) is 61.2 Å². The first-order valence-corrected chi connectivity index (χ1v) is 8.61. The summed E-state index contributed by atoms with van der Waals surface area (Å²) in [5.74, 6) is 0.668. The second kappa shape index (κ2) is 8.49. The maximum Gasteiger partial charge on any atom is 0.255 e. The SMILES string of the molecule is CN(CCCOc1cccc(Cl)c1)C(=O)c1ccccc1-n1cnnc1. The summed E-state index contributed by atoms with van der Waals surface area (Å²) in [5.41, 5.74) is 1.36. The Morgan fingerprint density at radius 3 is 2.69 bits per heavy atom. The molecule has 2 aromatic carbocycles. The van der Waals surface area contributed by atoms with E-state index >= 15 is 0 Å². The van der Waals surface area contributed by atoms with Crippen LogP contribution in [0.5, 0.6) is 5.75 Å². The standard InChI is InChI=1S/C19H19ClN4O2/c1-23(10-5-11-26-16-7-4-6-15(20)12-16)19(25)17-8-2-3-9-18(17)24-13-21-22-14-24/h2-4,6-9,12-14H,5,10-11H2,1H3. The van der Waals surface area contributed by atoms with Crippen LogP contribution in [-0.4, -0.2) is 45.8 Å². The first kappa shape index (κ1) is 17.9. The van der Waals surface area contributed by atoms with Gasteiger partial charge in [0.15, 0.2) is 0 Å². The Kier molecular flexibility index (Phi) is 5.86.